The number of benzene rings is 1. The lowest BCUT2D eigenvalue weighted by molar-refractivity contribution is -0.445. The van der Waals surface area contributed by atoms with Crippen LogP contribution in [0.1, 0.15) is 40.3 Å². The molecule has 1 aromatic carbocycles. The average molecular weight is 277 g/mol. The van der Waals surface area contributed by atoms with E-state index in [1.54, 1.807) is 0 Å². The molecule has 2 rings (SSSR count). The van der Waals surface area contributed by atoms with Crippen molar-refractivity contribution in [3.05, 3.63) is 33.4 Å². The first kappa shape index (κ1) is 14.4. The van der Waals surface area contributed by atoms with E-state index < -0.39 is 0 Å². The Morgan fingerprint density at radius 2 is 1.53 bits per heavy atom. The van der Waals surface area contributed by atoms with Crippen LogP contribution in [0.3, 0.4) is 0 Å². The minimum absolute atomic E-state index is 0.547. The number of rotatable bonds is 2. The predicted molar refractivity (Wildman–Crippen MR) is 84.9 cm³/mol. The van der Waals surface area contributed by atoms with E-state index in [2.05, 4.69) is 51.9 Å². The van der Waals surface area contributed by atoms with E-state index in [9.17, 15) is 0 Å². The van der Waals surface area contributed by atoms with Crippen LogP contribution in [-0.4, -0.2) is 17.8 Å². The zero-order chi connectivity index (χ0) is 14.2. The van der Waals surface area contributed by atoms with E-state index in [1.165, 1.54) is 38.5 Å². The van der Waals surface area contributed by atoms with Gasteiger partial charge in [0.2, 0.25) is 0 Å². The molecular formula is C16H25N2S+. The van der Waals surface area contributed by atoms with E-state index in [0.29, 0.717) is 6.04 Å². The molecule has 0 spiro atoms. The summed E-state index contributed by atoms with van der Waals surface area (Å²) < 4.78 is 0. The monoisotopic (exact) mass is 277 g/mol. The summed E-state index contributed by atoms with van der Waals surface area (Å²) >= 11 is 1.89. The molecule has 19 heavy (non-hydrogen) atoms. The zero-order valence-electron chi connectivity index (χ0n) is 12.9. The first-order valence-electron chi connectivity index (χ1n) is 6.97. The second kappa shape index (κ2) is 5.58. The summed E-state index contributed by atoms with van der Waals surface area (Å²) in [5, 5.41) is 4.70. The van der Waals surface area contributed by atoms with Crippen molar-refractivity contribution in [2.24, 2.45) is 0 Å². The summed E-state index contributed by atoms with van der Waals surface area (Å²) in [7, 11) is 0. The molecule has 0 fully saturated rings. The van der Waals surface area contributed by atoms with Crippen molar-refractivity contribution < 1.29 is 4.99 Å². The van der Waals surface area contributed by atoms with Crippen LogP contribution in [0, 0.1) is 34.6 Å². The topological polar surface area (TPSA) is 26.0 Å². The predicted octanol–water partition coefficient (Wildman–Crippen LogP) is 1.89. The lowest BCUT2D eigenvalue weighted by atomic mass is 9.90. The van der Waals surface area contributed by atoms with Crippen LogP contribution in [0.4, 0.5) is 0 Å². The lowest BCUT2D eigenvalue weighted by Gasteiger charge is -2.18. The van der Waals surface area contributed by atoms with E-state index in [1.807, 2.05) is 11.8 Å². The van der Waals surface area contributed by atoms with E-state index >= 15 is 0 Å². The molecule has 0 saturated heterocycles. The molecule has 2 nitrogen and oxygen atoms in total. The molecular weight excluding hydrogens is 252 g/mol. The minimum Gasteiger partial charge on any atom is -0.265 e. The van der Waals surface area contributed by atoms with Gasteiger partial charge in [-0.15, -0.1) is 0 Å². The Morgan fingerprint density at radius 1 is 1.00 bits per heavy atom. The van der Waals surface area contributed by atoms with Gasteiger partial charge >= 0.3 is 5.17 Å². The third kappa shape index (κ3) is 2.81. The maximum atomic E-state index is 3.47. The largest absolute Gasteiger partial charge is 0.304 e. The van der Waals surface area contributed by atoms with Gasteiger partial charge in [-0.05, 0) is 86.7 Å². The third-order valence-corrected chi connectivity index (χ3v) is 5.45. The molecule has 1 heterocycles. The van der Waals surface area contributed by atoms with Crippen LogP contribution in [0.5, 0.6) is 0 Å². The van der Waals surface area contributed by atoms with Crippen molar-refractivity contribution in [3.63, 3.8) is 0 Å². The van der Waals surface area contributed by atoms with Gasteiger partial charge < -0.3 is 0 Å². The van der Waals surface area contributed by atoms with Crippen LogP contribution in [0.2, 0.25) is 0 Å². The molecule has 1 unspecified atom stereocenters. The Bertz CT molecular complexity index is 503. The summed E-state index contributed by atoms with van der Waals surface area (Å²) in [6.45, 7) is 14.5. The zero-order valence-corrected chi connectivity index (χ0v) is 13.7. The summed E-state index contributed by atoms with van der Waals surface area (Å²) in [4.78, 5) is 3.42. The SMILES string of the molecule is Cc1c(C)c(C)c(CSC2=[NH+]CC(C)N2)c(C)c1C. The molecule has 1 atom stereocenters. The highest BCUT2D eigenvalue weighted by atomic mass is 32.2. The van der Waals surface area contributed by atoms with Crippen molar-refractivity contribution in [1.82, 2.24) is 5.32 Å². The van der Waals surface area contributed by atoms with E-state index in [0.717, 1.165) is 12.3 Å². The molecule has 1 aliphatic heterocycles. The molecule has 0 aliphatic carbocycles. The highest BCUT2D eigenvalue weighted by molar-refractivity contribution is 8.12. The lowest BCUT2D eigenvalue weighted by Crippen LogP contribution is -2.70. The second-order valence-corrected chi connectivity index (χ2v) is 6.63. The standard InChI is InChI=1S/C16H24N2S/c1-9-7-17-16(18-9)19-8-15-13(5)11(3)10(2)12(4)14(15)6/h9H,7-8H2,1-6H3,(H,17,18)/p+1. The summed E-state index contributed by atoms with van der Waals surface area (Å²) in [6, 6.07) is 0.547. The van der Waals surface area contributed by atoms with Crippen molar-refractivity contribution in [2.75, 3.05) is 6.54 Å². The average Bonchev–Trinajstić information content (AvgIpc) is 2.80. The van der Waals surface area contributed by atoms with Gasteiger partial charge in [0.25, 0.3) is 0 Å². The van der Waals surface area contributed by atoms with Gasteiger partial charge in [0.15, 0.2) is 0 Å². The Balaban J connectivity index is 2.21. The molecule has 0 amide bonds. The molecule has 0 saturated carbocycles. The Kier molecular flexibility index (Phi) is 4.24. The van der Waals surface area contributed by atoms with Crippen molar-refractivity contribution >= 4 is 16.9 Å². The molecule has 2 N–H and O–H groups in total. The number of amidine groups is 1. The molecule has 1 aromatic rings. The number of nitrogens with one attached hydrogen (secondary N) is 2. The van der Waals surface area contributed by atoms with Gasteiger partial charge in [-0.2, -0.15) is 0 Å². The van der Waals surface area contributed by atoms with Crippen LogP contribution in [0.25, 0.3) is 0 Å². The maximum absolute atomic E-state index is 3.47. The van der Waals surface area contributed by atoms with Gasteiger partial charge in [0, 0.05) is 5.75 Å². The fraction of sp³-hybridized carbons (Fsp3) is 0.562. The first-order valence-corrected chi connectivity index (χ1v) is 7.96. The van der Waals surface area contributed by atoms with Gasteiger partial charge in [0.1, 0.15) is 12.6 Å². The van der Waals surface area contributed by atoms with Crippen molar-refractivity contribution in [2.45, 2.75) is 53.3 Å². The molecule has 104 valence electrons. The number of thioether (sulfide) groups is 1. The minimum atomic E-state index is 0.547. The molecule has 1 aliphatic rings. The smallest absolute Gasteiger partial charge is 0.265 e. The van der Waals surface area contributed by atoms with Gasteiger partial charge in [-0.3, -0.25) is 10.3 Å². The Morgan fingerprint density at radius 3 is 2.00 bits per heavy atom. The summed E-state index contributed by atoms with van der Waals surface area (Å²) in [5.74, 6) is 1.04. The highest BCUT2D eigenvalue weighted by Gasteiger charge is 2.21. The van der Waals surface area contributed by atoms with Crippen LogP contribution in [0.15, 0.2) is 0 Å². The second-order valence-electron chi connectivity index (χ2n) is 5.65. The number of hydrogen-bond acceptors (Lipinski definition) is 2. The molecule has 3 heteroatoms. The highest BCUT2D eigenvalue weighted by Crippen LogP contribution is 2.28. The molecule has 0 bridgehead atoms. The Labute approximate surface area is 121 Å². The normalized spacial score (nSPS) is 18.4. The molecule has 0 aromatic heterocycles. The number of hydrogen-bond donors (Lipinski definition) is 2. The van der Waals surface area contributed by atoms with Crippen molar-refractivity contribution in [1.29, 1.82) is 0 Å². The molecule has 0 radical (unpaired) electrons. The Hall–Kier alpha value is -0.960. The van der Waals surface area contributed by atoms with Gasteiger partial charge in [0.05, 0.1) is 0 Å². The van der Waals surface area contributed by atoms with E-state index in [-0.39, 0.29) is 0 Å². The fourth-order valence-electron chi connectivity index (χ4n) is 2.60. The van der Waals surface area contributed by atoms with Crippen LogP contribution in [-0.2, 0) is 5.75 Å². The maximum Gasteiger partial charge on any atom is 0.304 e. The van der Waals surface area contributed by atoms with Crippen molar-refractivity contribution in [3.8, 4) is 0 Å². The van der Waals surface area contributed by atoms with Crippen LogP contribution < -0.4 is 10.3 Å². The van der Waals surface area contributed by atoms with E-state index in [4.69, 9.17) is 0 Å². The van der Waals surface area contributed by atoms with Gasteiger partial charge in [-0.25, -0.2) is 0 Å². The first-order chi connectivity index (χ1) is 8.91. The summed E-state index contributed by atoms with van der Waals surface area (Å²) in [6.07, 6.45) is 0. The fourth-order valence-corrected chi connectivity index (χ4v) is 3.79. The van der Waals surface area contributed by atoms with Crippen LogP contribution >= 0.6 is 11.8 Å². The van der Waals surface area contributed by atoms with Gasteiger partial charge in [-0.1, -0.05) is 0 Å². The summed E-state index contributed by atoms with van der Waals surface area (Å²) in [5.41, 5.74) is 8.76. The third-order valence-electron chi connectivity index (χ3n) is 4.46. The quantitative estimate of drug-likeness (QED) is 0.863.